The van der Waals surface area contributed by atoms with Crippen LogP contribution >= 0.6 is 0 Å². The van der Waals surface area contributed by atoms with Crippen molar-refractivity contribution in [2.24, 2.45) is 5.92 Å². The SMILES string of the molecule is CC1(C2CCC2)CCCCN1. The Balaban J connectivity index is 1.94. The summed E-state index contributed by atoms with van der Waals surface area (Å²) in [5.74, 6) is 1.00. The van der Waals surface area contributed by atoms with Gasteiger partial charge in [-0.2, -0.15) is 0 Å². The molecule has 1 saturated heterocycles. The third-order valence-corrected chi connectivity index (χ3v) is 3.66. The van der Waals surface area contributed by atoms with Crippen LogP contribution in [0.15, 0.2) is 0 Å². The first kappa shape index (κ1) is 7.60. The molecule has 2 rings (SSSR count). The molecule has 0 amide bonds. The van der Waals surface area contributed by atoms with E-state index in [2.05, 4.69) is 12.2 Å². The highest BCUT2D eigenvalue weighted by atomic mass is 15.0. The molecule has 1 atom stereocenters. The van der Waals surface area contributed by atoms with Crippen molar-refractivity contribution in [3.63, 3.8) is 0 Å². The lowest BCUT2D eigenvalue weighted by Gasteiger charge is -2.46. The van der Waals surface area contributed by atoms with Gasteiger partial charge in [0, 0.05) is 5.54 Å². The summed E-state index contributed by atoms with van der Waals surface area (Å²) in [6.45, 7) is 3.68. The molecule has 1 saturated carbocycles. The molecule has 1 heteroatoms. The van der Waals surface area contributed by atoms with E-state index < -0.39 is 0 Å². The Morgan fingerprint density at radius 2 is 2.00 bits per heavy atom. The van der Waals surface area contributed by atoms with Gasteiger partial charge in [-0.25, -0.2) is 0 Å². The fraction of sp³-hybridized carbons (Fsp3) is 1.00. The predicted octanol–water partition coefficient (Wildman–Crippen LogP) is 2.32. The van der Waals surface area contributed by atoms with E-state index in [1.54, 1.807) is 0 Å². The van der Waals surface area contributed by atoms with Crippen molar-refractivity contribution in [2.75, 3.05) is 6.54 Å². The van der Waals surface area contributed by atoms with Crippen LogP contribution in [0.5, 0.6) is 0 Å². The fourth-order valence-corrected chi connectivity index (χ4v) is 2.47. The topological polar surface area (TPSA) is 12.0 Å². The lowest BCUT2D eigenvalue weighted by atomic mass is 9.68. The van der Waals surface area contributed by atoms with Crippen LogP contribution in [0.1, 0.15) is 45.4 Å². The number of nitrogens with one attached hydrogen (secondary N) is 1. The summed E-state index contributed by atoms with van der Waals surface area (Å²) < 4.78 is 0. The fourth-order valence-electron chi connectivity index (χ4n) is 2.47. The van der Waals surface area contributed by atoms with E-state index in [-0.39, 0.29) is 0 Å². The van der Waals surface area contributed by atoms with Gasteiger partial charge in [-0.3, -0.25) is 0 Å². The standard InChI is InChI=1S/C10H19N/c1-10(9-5-4-6-9)7-2-3-8-11-10/h9,11H,2-8H2,1H3. The molecule has 0 bridgehead atoms. The monoisotopic (exact) mass is 153 g/mol. The Hall–Kier alpha value is -0.0400. The third-order valence-electron chi connectivity index (χ3n) is 3.66. The van der Waals surface area contributed by atoms with Crippen molar-refractivity contribution in [1.29, 1.82) is 0 Å². The van der Waals surface area contributed by atoms with Gasteiger partial charge in [-0.15, -0.1) is 0 Å². The molecule has 2 aliphatic rings. The highest BCUT2D eigenvalue weighted by molar-refractivity contribution is 4.96. The zero-order chi connectivity index (χ0) is 7.73. The van der Waals surface area contributed by atoms with Crippen molar-refractivity contribution in [1.82, 2.24) is 5.32 Å². The molecule has 0 aromatic heterocycles. The predicted molar refractivity (Wildman–Crippen MR) is 47.6 cm³/mol. The molecule has 1 N–H and O–H groups in total. The van der Waals surface area contributed by atoms with Crippen molar-refractivity contribution in [2.45, 2.75) is 51.0 Å². The van der Waals surface area contributed by atoms with E-state index in [0.29, 0.717) is 5.54 Å². The van der Waals surface area contributed by atoms with Crippen molar-refractivity contribution >= 4 is 0 Å². The molecular formula is C10H19N. The van der Waals surface area contributed by atoms with Crippen LogP contribution in [0, 0.1) is 5.92 Å². The second-order valence-electron chi connectivity index (χ2n) is 4.43. The number of hydrogen-bond donors (Lipinski definition) is 1. The van der Waals surface area contributed by atoms with Gasteiger partial charge < -0.3 is 5.32 Å². The maximum absolute atomic E-state index is 3.70. The van der Waals surface area contributed by atoms with Gasteiger partial charge in [0.2, 0.25) is 0 Å². The molecule has 2 fully saturated rings. The van der Waals surface area contributed by atoms with E-state index in [9.17, 15) is 0 Å². The van der Waals surface area contributed by atoms with Crippen molar-refractivity contribution in [3.8, 4) is 0 Å². The van der Waals surface area contributed by atoms with Gasteiger partial charge in [0.15, 0.2) is 0 Å². The van der Waals surface area contributed by atoms with Gasteiger partial charge in [0.1, 0.15) is 0 Å². The first-order valence-electron chi connectivity index (χ1n) is 5.06. The minimum absolute atomic E-state index is 0.524. The molecule has 11 heavy (non-hydrogen) atoms. The van der Waals surface area contributed by atoms with Crippen LogP contribution in [0.3, 0.4) is 0 Å². The van der Waals surface area contributed by atoms with Crippen LogP contribution < -0.4 is 5.32 Å². The summed E-state index contributed by atoms with van der Waals surface area (Å²) in [6, 6.07) is 0. The summed E-state index contributed by atoms with van der Waals surface area (Å²) >= 11 is 0. The van der Waals surface area contributed by atoms with E-state index >= 15 is 0 Å². The van der Waals surface area contributed by atoms with Crippen LogP contribution in [0.25, 0.3) is 0 Å². The molecular weight excluding hydrogens is 134 g/mol. The Labute approximate surface area is 69.6 Å². The molecule has 1 aliphatic heterocycles. The number of rotatable bonds is 1. The highest BCUT2D eigenvalue weighted by Gasteiger charge is 2.37. The summed E-state index contributed by atoms with van der Waals surface area (Å²) in [5, 5.41) is 3.70. The maximum Gasteiger partial charge on any atom is 0.0181 e. The Morgan fingerprint density at radius 3 is 2.45 bits per heavy atom. The Morgan fingerprint density at radius 1 is 1.18 bits per heavy atom. The van der Waals surface area contributed by atoms with Gasteiger partial charge in [0.25, 0.3) is 0 Å². The molecule has 0 aromatic carbocycles. The average molecular weight is 153 g/mol. The highest BCUT2D eigenvalue weighted by Crippen LogP contribution is 2.39. The first-order chi connectivity index (χ1) is 5.31. The van der Waals surface area contributed by atoms with Crippen LogP contribution in [0.4, 0.5) is 0 Å². The zero-order valence-corrected chi connectivity index (χ0v) is 7.53. The summed E-state index contributed by atoms with van der Waals surface area (Å²) in [7, 11) is 0. The quantitative estimate of drug-likeness (QED) is 0.609. The van der Waals surface area contributed by atoms with Crippen molar-refractivity contribution < 1.29 is 0 Å². The minimum atomic E-state index is 0.524. The summed E-state index contributed by atoms with van der Waals surface area (Å²) in [6.07, 6.45) is 8.68. The largest absolute Gasteiger partial charge is 0.311 e. The average Bonchev–Trinajstić information content (AvgIpc) is 1.83. The molecule has 0 radical (unpaired) electrons. The van der Waals surface area contributed by atoms with E-state index in [0.717, 1.165) is 5.92 Å². The first-order valence-corrected chi connectivity index (χ1v) is 5.06. The summed E-state index contributed by atoms with van der Waals surface area (Å²) in [4.78, 5) is 0. The van der Waals surface area contributed by atoms with Gasteiger partial charge in [-0.1, -0.05) is 12.8 Å². The smallest absolute Gasteiger partial charge is 0.0181 e. The third kappa shape index (κ3) is 1.31. The molecule has 1 unspecified atom stereocenters. The molecule has 64 valence electrons. The van der Waals surface area contributed by atoms with Gasteiger partial charge in [-0.05, 0) is 45.1 Å². The Bertz CT molecular complexity index is 132. The molecule has 0 aromatic rings. The molecule has 1 aliphatic carbocycles. The zero-order valence-electron chi connectivity index (χ0n) is 7.53. The second-order valence-corrected chi connectivity index (χ2v) is 4.43. The van der Waals surface area contributed by atoms with Crippen LogP contribution in [-0.2, 0) is 0 Å². The van der Waals surface area contributed by atoms with Gasteiger partial charge >= 0.3 is 0 Å². The minimum Gasteiger partial charge on any atom is -0.311 e. The maximum atomic E-state index is 3.70. The van der Waals surface area contributed by atoms with Crippen LogP contribution in [-0.4, -0.2) is 12.1 Å². The van der Waals surface area contributed by atoms with Gasteiger partial charge in [0.05, 0.1) is 0 Å². The van der Waals surface area contributed by atoms with E-state index in [1.807, 2.05) is 0 Å². The van der Waals surface area contributed by atoms with Crippen molar-refractivity contribution in [3.05, 3.63) is 0 Å². The number of hydrogen-bond acceptors (Lipinski definition) is 1. The lowest BCUT2D eigenvalue weighted by molar-refractivity contribution is 0.113. The summed E-state index contributed by atoms with van der Waals surface area (Å²) in [5.41, 5.74) is 0.524. The normalized spacial score (nSPS) is 40.1. The Kier molecular flexibility index (Phi) is 1.92. The number of piperidine rings is 1. The van der Waals surface area contributed by atoms with E-state index in [1.165, 1.54) is 45.1 Å². The molecule has 0 spiro atoms. The lowest BCUT2D eigenvalue weighted by Crippen LogP contribution is -2.53. The van der Waals surface area contributed by atoms with Crippen LogP contribution in [0.2, 0.25) is 0 Å². The molecule has 1 nitrogen and oxygen atoms in total. The molecule has 1 heterocycles. The second kappa shape index (κ2) is 2.78. The van der Waals surface area contributed by atoms with E-state index in [4.69, 9.17) is 0 Å².